The van der Waals surface area contributed by atoms with Gasteiger partial charge in [0.1, 0.15) is 5.76 Å². The van der Waals surface area contributed by atoms with Crippen LogP contribution in [0.4, 0.5) is 18.9 Å². The number of fused-ring (bicyclic) bond motifs is 1. The van der Waals surface area contributed by atoms with Gasteiger partial charge in [-0.2, -0.15) is 21.6 Å². The number of benzene rings is 2. The van der Waals surface area contributed by atoms with Gasteiger partial charge in [-0.15, -0.1) is 0 Å². The fourth-order valence-corrected chi connectivity index (χ4v) is 4.75. The lowest BCUT2D eigenvalue weighted by Crippen LogP contribution is -2.32. The van der Waals surface area contributed by atoms with Gasteiger partial charge in [-0.25, -0.2) is 8.42 Å². The van der Waals surface area contributed by atoms with Crippen LogP contribution in [0, 0.1) is 6.92 Å². The second-order valence-corrected chi connectivity index (χ2v) is 9.69. The van der Waals surface area contributed by atoms with Crippen molar-refractivity contribution < 1.29 is 34.2 Å². The molecule has 1 aliphatic rings. The van der Waals surface area contributed by atoms with Crippen LogP contribution in [0.3, 0.4) is 0 Å². The minimum absolute atomic E-state index is 0.00480. The minimum Gasteiger partial charge on any atom is -0.380 e. The zero-order valence-corrected chi connectivity index (χ0v) is 16.7. The molecule has 2 aromatic rings. The van der Waals surface area contributed by atoms with Gasteiger partial charge in [-0.3, -0.25) is 4.31 Å². The number of nitrogens with zero attached hydrogens (tertiary/aromatic N) is 1. The van der Waals surface area contributed by atoms with E-state index in [-0.39, 0.29) is 29.1 Å². The molecule has 0 fully saturated rings. The Kier molecular flexibility index (Phi) is 5.39. The maximum absolute atomic E-state index is 13.1. The highest BCUT2D eigenvalue weighted by atomic mass is 32.2. The Morgan fingerprint density at radius 2 is 1.59 bits per heavy atom. The number of halogens is 3. The first kappa shape index (κ1) is 21.2. The van der Waals surface area contributed by atoms with Crippen molar-refractivity contribution in [2.75, 3.05) is 10.8 Å². The molecule has 0 aromatic heterocycles. The molecule has 1 heterocycles. The van der Waals surface area contributed by atoms with E-state index in [9.17, 15) is 30.0 Å². The van der Waals surface area contributed by atoms with E-state index in [0.29, 0.717) is 0 Å². The third-order valence-corrected chi connectivity index (χ3v) is 7.02. The standard InChI is InChI=1S/C18H16F3NO5S2/c1-13-6-8-16(9-7-13)28(23,24)22-11-10-15(27-29(25,26)18(19,20)21)12-14-4-2-3-5-17(14)22/h2-9,12H,10-11H2,1H3. The van der Waals surface area contributed by atoms with Crippen LogP contribution in [0.5, 0.6) is 0 Å². The van der Waals surface area contributed by atoms with Crippen molar-refractivity contribution in [2.24, 2.45) is 0 Å². The molecule has 3 rings (SSSR count). The number of hydrogen-bond donors (Lipinski definition) is 0. The SMILES string of the molecule is Cc1ccc(S(=O)(=O)N2CCC(OS(=O)(=O)C(F)(F)F)=Cc3ccccc32)cc1. The third kappa shape index (κ3) is 4.25. The normalized spacial score (nSPS) is 15.3. The van der Waals surface area contributed by atoms with Crippen LogP contribution >= 0.6 is 0 Å². The van der Waals surface area contributed by atoms with Crippen molar-refractivity contribution in [3.8, 4) is 0 Å². The minimum atomic E-state index is -5.86. The number of sulfonamides is 1. The summed E-state index contributed by atoms with van der Waals surface area (Å²) in [6.45, 7) is 1.50. The van der Waals surface area contributed by atoms with Gasteiger partial charge in [0, 0.05) is 18.5 Å². The van der Waals surface area contributed by atoms with Gasteiger partial charge in [-0.05, 0) is 31.2 Å². The van der Waals surface area contributed by atoms with Crippen LogP contribution in [0.15, 0.2) is 59.2 Å². The van der Waals surface area contributed by atoms with E-state index < -0.39 is 31.4 Å². The van der Waals surface area contributed by atoms with Gasteiger partial charge in [0.15, 0.2) is 0 Å². The average molecular weight is 447 g/mol. The smallest absolute Gasteiger partial charge is 0.380 e. The van der Waals surface area contributed by atoms with E-state index in [4.69, 9.17) is 0 Å². The zero-order valence-electron chi connectivity index (χ0n) is 15.0. The van der Waals surface area contributed by atoms with E-state index in [1.54, 1.807) is 31.2 Å². The number of hydrogen-bond acceptors (Lipinski definition) is 5. The number of aryl methyl sites for hydroxylation is 1. The summed E-state index contributed by atoms with van der Waals surface area (Å²) in [4.78, 5) is 0.00480. The Balaban J connectivity index is 2.02. The fraction of sp³-hybridized carbons (Fsp3) is 0.222. The molecule has 2 aromatic carbocycles. The van der Waals surface area contributed by atoms with Crippen molar-refractivity contribution in [1.29, 1.82) is 0 Å². The molecule has 0 bridgehead atoms. The molecule has 0 saturated heterocycles. The van der Waals surface area contributed by atoms with Crippen LogP contribution in [0.25, 0.3) is 6.08 Å². The summed E-state index contributed by atoms with van der Waals surface area (Å²) in [5, 5.41) is 0. The molecule has 0 spiro atoms. The summed E-state index contributed by atoms with van der Waals surface area (Å²) < 4.78 is 92.2. The molecule has 0 aliphatic carbocycles. The Morgan fingerprint density at radius 1 is 0.966 bits per heavy atom. The molecule has 0 atom stereocenters. The maximum Gasteiger partial charge on any atom is 0.534 e. The van der Waals surface area contributed by atoms with Gasteiger partial charge in [0.05, 0.1) is 10.6 Å². The molecular weight excluding hydrogens is 431 g/mol. The van der Waals surface area contributed by atoms with Gasteiger partial charge in [0.2, 0.25) is 0 Å². The molecule has 0 radical (unpaired) electrons. The van der Waals surface area contributed by atoms with Gasteiger partial charge in [-0.1, -0.05) is 35.9 Å². The Morgan fingerprint density at radius 3 is 2.21 bits per heavy atom. The van der Waals surface area contributed by atoms with Crippen molar-refractivity contribution in [1.82, 2.24) is 0 Å². The predicted octanol–water partition coefficient (Wildman–Crippen LogP) is 3.80. The number of anilines is 1. The first-order valence-corrected chi connectivity index (χ1v) is 11.2. The monoisotopic (exact) mass is 447 g/mol. The molecule has 0 N–H and O–H groups in total. The predicted molar refractivity (Wildman–Crippen MR) is 101 cm³/mol. The molecule has 156 valence electrons. The van der Waals surface area contributed by atoms with E-state index >= 15 is 0 Å². The Hall–Kier alpha value is -2.53. The van der Waals surface area contributed by atoms with Crippen molar-refractivity contribution >= 4 is 31.9 Å². The first-order chi connectivity index (χ1) is 13.4. The van der Waals surface area contributed by atoms with Crippen LogP contribution in [-0.2, 0) is 24.3 Å². The van der Waals surface area contributed by atoms with E-state index in [1.807, 2.05) is 0 Å². The highest BCUT2D eigenvalue weighted by molar-refractivity contribution is 7.92. The Bertz CT molecular complexity index is 1150. The largest absolute Gasteiger partial charge is 0.534 e. The summed E-state index contributed by atoms with van der Waals surface area (Å²) in [6, 6.07) is 12.2. The zero-order chi connectivity index (χ0) is 21.4. The summed E-state index contributed by atoms with van der Waals surface area (Å²) in [6.07, 6.45) is 0.734. The molecule has 0 unspecified atom stereocenters. The first-order valence-electron chi connectivity index (χ1n) is 8.31. The van der Waals surface area contributed by atoms with E-state index in [0.717, 1.165) is 15.9 Å². The lowest BCUT2D eigenvalue weighted by molar-refractivity contribution is -0.0522. The van der Waals surface area contributed by atoms with Crippen LogP contribution in [0.1, 0.15) is 17.5 Å². The lowest BCUT2D eigenvalue weighted by atomic mass is 10.1. The van der Waals surface area contributed by atoms with Gasteiger partial charge in [0.25, 0.3) is 10.0 Å². The maximum atomic E-state index is 13.1. The second-order valence-electron chi connectivity index (χ2n) is 6.29. The lowest BCUT2D eigenvalue weighted by Gasteiger charge is -2.24. The molecule has 1 aliphatic heterocycles. The molecular formula is C18H16F3NO5S2. The van der Waals surface area contributed by atoms with Gasteiger partial charge < -0.3 is 4.18 Å². The summed E-state index contributed by atoms with van der Waals surface area (Å²) in [5.41, 5.74) is -4.31. The Labute approximate surface area is 166 Å². The molecule has 0 saturated carbocycles. The number of rotatable bonds is 4. The van der Waals surface area contributed by atoms with Crippen LogP contribution in [-0.4, -0.2) is 28.9 Å². The highest BCUT2D eigenvalue weighted by Gasteiger charge is 2.49. The molecule has 6 nitrogen and oxygen atoms in total. The highest BCUT2D eigenvalue weighted by Crippen LogP contribution is 2.35. The fourth-order valence-electron chi connectivity index (χ4n) is 2.76. The summed E-state index contributed by atoms with van der Waals surface area (Å²) in [7, 11) is -9.90. The van der Waals surface area contributed by atoms with Gasteiger partial charge >= 0.3 is 15.6 Å². The number of alkyl halides is 3. The molecule has 0 amide bonds. The third-order valence-electron chi connectivity index (χ3n) is 4.19. The van der Waals surface area contributed by atoms with E-state index in [2.05, 4.69) is 4.18 Å². The average Bonchev–Trinajstić information content (AvgIpc) is 2.80. The second kappa shape index (κ2) is 7.38. The summed E-state index contributed by atoms with van der Waals surface area (Å²) >= 11 is 0. The van der Waals surface area contributed by atoms with Crippen LogP contribution < -0.4 is 4.31 Å². The van der Waals surface area contributed by atoms with Crippen molar-refractivity contribution in [2.45, 2.75) is 23.7 Å². The molecule has 29 heavy (non-hydrogen) atoms. The van der Waals surface area contributed by atoms with Crippen molar-refractivity contribution in [3.63, 3.8) is 0 Å². The molecule has 11 heteroatoms. The number of para-hydroxylation sites is 1. The summed E-state index contributed by atoms with van der Waals surface area (Å²) in [5.74, 6) is -0.503. The van der Waals surface area contributed by atoms with Crippen LogP contribution in [0.2, 0.25) is 0 Å². The van der Waals surface area contributed by atoms with E-state index in [1.165, 1.54) is 24.3 Å². The topological polar surface area (TPSA) is 80.8 Å². The quantitative estimate of drug-likeness (QED) is 0.526. The van der Waals surface area contributed by atoms with Crippen molar-refractivity contribution in [3.05, 3.63) is 65.4 Å².